The van der Waals surface area contributed by atoms with Gasteiger partial charge < -0.3 is 14.4 Å². The van der Waals surface area contributed by atoms with E-state index in [9.17, 15) is 18.0 Å². The van der Waals surface area contributed by atoms with E-state index in [1.807, 2.05) is 4.90 Å². The number of carbonyl (C=O) groups is 2. The number of methoxy groups -OCH3 is 1. The fourth-order valence-electron chi connectivity index (χ4n) is 4.17. The highest BCUT2D eigenvalue weighted by atomic mass is 32.2. The molecule has 1 aliphatic heterocycles. The molecule has 0 aromatic heterocycles. The van der Waals surface area contributed by atoms with E-state index in [4.69, 9.17) is 9.47 Å². The number of benzene rings is 3. The van der Waals surface area contributed by atoms with Crippen LogP contribution < -0.4 is 19.2 Å². The molecule has 11 heteroatoms. The number of hydrogen-bond acceptors (Lipinski definition) is 7. The Hall–Kier alpha value is -4.38. The lowest BCUT2D eigenvalue weighted by atomic mass is 10.1. The zero-order chi connectivity index (χ0) is 28.4. The first-order chi connectivity index (χ1) is 19.4. The topological polar surface area (TPSA) is 118 Å². The van der Waals surface area contributed by atoms with Crippen LogP contribution in [-0.4, -0.2) is 64.7 Å². The number of rotatable bonds is 11. The number of anilines is 1. The number of likely N-dealkylation sites (tertiary alicyclic amines) is 1. The molecule has 0 bridgehead atoms. The van der Waals surface area contributed by atoms with Crippen molar-refractivity contribution in [2.45, 2.75) is 24.2 Å². The van der Waals surface area contributed by atoms with Crippen molar-refractivity contribution in [3.63, 3.8) is 0 Å². The maximum atomic E-state index is 13.4. The minimum absolute atomic E-state index is 0.0147. The van der Waals surface area contributed by atoms with E-state index in [2.05, 4.69) is 10.5 Å². The summed E-state index contributed by atoms with van der Waals surface area (Å²) in [5.41, 5.74) is 3.34. The van der Waals surface area contributed by atoms with Gasteiger partial charge in [0.25, 0.3) is 21.8 Å². The lowest BCUT2D eigenvalue weighted by Gasteiger charge is -2.26. The molecule has 1 heterocycles. The molecule has 3 aromatic rings. The molecule has 0 saturated carbocycles. The van der Waals surface area contributed by atoms with Gasteiger partial charge in [-0.25, -0.2) is 13.8 Å². The molecule has 10 nitrogen and oxygen atoms in total. The molecular weight excluding hydrogens is 532 g/mol. The van der Waals surface area contributed by atoms with Crippen LogP contribution in [0.25, 0.3) is 0 Å². The predicted octanol–water partition coefficient (Wildman–Crippen LogP) is 3.43. The van der Waals surface area contributed by atoms with Crippen molar-refractivity contribution >= 4 is 33.7 Å². The van der Waals surface area contributed by atoms with Crippen LogP contribution >= 0.6 is 0 Å². The first-order valence-electron chi connectivity index (χ1n) is 12.9. The Bertz CT molecular complexity index is 1420. The standard InChI is InChI=1S/C29H32N4O6S/c1-38-26-10-8-9-24(19-26)33(40(36,37)27-11-4-2-5-12-27)21-28(34)31-30-20-23-13-15-25(16-14-23)39-22-29(35)32-17-6-3-7-18-32/h2,4-5,8-16,19-20H,3,6-7,17-18,21-22H2,1H3,(H,31,34)/b30-20-. The van der Waals surface area contributed by atoms with Gasteiger partial charge in [-0.05, 0) is 73.4 Å². The van der Waals surface area contributed by atoms with Crippen molar-refractivity contribution in [2.75, 3.05) is 37.7 Å². The zero-order valence-electron chi connectivity index (χ0n) is 22.2. The number of hydrogen-bond donors (Lipinski definition) is 1. The molecule has 40 heavy (non-hydrogen) atoms. The highest BCUT2D eigenvalue weighted by Crippen LogP contribution is 2.26. The maximum absolute atomic E-state index is 13.4. The second-order valence-electron chi connectivity index (χ2n) is 9.12. The second kappa shape index (κ2) is 13.6. The smallest absolute Gasteiger partial charge is 0.264 e. The lowest BCUT2D eigenvalue weighted by Crippen LogP contribution is -2.39. The van der Waals surface area contributed by atoms with Crippen LogP contribution in [0, 0.1) is 0 Å². The van der Waals surface area contributed by atoms with Crippen molar-refractivity contribution in [1.82, 2.24) is 10.3 Å². The van der Waals surface area contributed by atoms with Crippen LogP contribution in [0.4, 0.5) is 5.69 Å². The minimum Gasteiger partial charge on any atom is -0.497 e. The highest BCUT2D eigenvalue weighted by molar-refractivity contribution is 7.92. The SMILES string of the molecule is COc1cccc(N(CC(=O)N/N=C\c2ccc(OCC(=O)N3CCCCC3)cc2)S(=O)(=O)c2ccccc2)c1. The third-order valence-electron chi connectivity index (χ3n) is 6.31. The van der Waals surface area contributed by atoms with Crippen LogP contribution in [-0.2, 0) is 19.6 Å². The number of hydrazone groups is 1. The Morgan fingerprint density at radius 1 is 0.950 bits per heavy atom. The van der Waals surface area contributed by atoms with Crippen molar-refractivity contribution in [2.24, 2.45) is 5.10 Å². The largest absolute Gasteiger partial charge is 0.497 e. The van der Waals surface area contributed by atoms with E-state index in [1.54, 1.807) is 66.7 Å². The fourth-order valence-corrected chi connectivity index (χ4v) is 5.61. The number of amides is 2. The molecule has 1 N–H and O–H groups in total. The Balaban J connectivity index is 1.37. The highest BCUT2D eigenvalue weighted by Gasteiger charge is 2.27. The molecule has 1 aliphatic rings. The maximum Gasteiger partial charge on any atom is 0.264 e. The van der Waals surface area contributed by atoms with Crippen molar-refractivity contribution in [3.05, 3.63) is 84.4 Å². The molecule has 0 aliphatic carbocycles. The summed E-state index contributed by atoms with van der Waals surface area (Å²) in [6.45, 7) is 1.04. The number of carbonyl (C=O) groups excluding carboxylic acids is 2. The Morgan fingerprint density at radius 2 is 1.68 bits per heavy atom. The first-order valence-corrected chi connectivity index (χ1v) is 14.4. The Labute approximate surface area is 234 Å². The van der Waals surface area contributed by atoms with Crippen LogP contribution in [0.2, 0.25) is 0 Å². The van der Waals surface area contributed by atoms with Gasteiger partial charge in [-0.3, -0.25) is 13.9 Å². The Kier molecular flexibility index (Phi) is 9.74. The quantitative estimate of drug-likeness (QED) is 0.282. The summed E-state index contributed by atoms with van der Waals surface area (Å²) in [5, 5.41) is 3.97. The van der Waals surface area contributed by atoms with E-state index in [0.717, 1.165) is 36.7 Å². The normalized spacial score (nSPS) is 13.6. The third kappa shape index (κ3) is 7.60. The molecule has 2 amide bonds. The summed E-state index contributed by atoms with van der Waals surface area (Å²) >= 11 is 0. The number of nitrogens with one attached hydrogen (secondary N) is 1. The third-order valence-corrected chi connectivity index (χ3v) is 8.10. The number of sulfonamides is 1. The zero-order valence-corrected chi connectivity index (χ0v) is 23.0. The molecule has 1 fully saturated rings. The number of ether oxygens (including phenoxy) is 2. The van der Waals surface area contributed by atoms with Gasteiger partial charge in [0.15, 0.2) is 6.61 Å². The monoisotopic (exact) mass is 564 g/mol. The van der Waals surface area contributed by atoms with Gasteiger partial charge in [0.1, 0.15) is 18.0 Å². The van der Waals surface area contributed by atoms with Gasteiger partial charge in [0, 0.05) is 19.2 Å². The summed E-state index contributed by atoms with van der Waals surface area (Å²) < 4.78 is 38.7. The average molecular weight is 565 g/mol. The average Bonchev–Trinajstić information content (AvgIpc) is 3.00. The van der Waals surface area contributed by atoms with Gasteiger partial charge in [-0.15, -0.1) is 0 Å². The number of piperidine rings is 1. The van der Waals surface area contributed by atoms with Gasteiger partial charge in [-0.2, -0.15) is 5.10 Å². The van der Waals surface area contributed by atoms with Crippen molar-refractivity contribution in [1.29, 1.82) is 0 Å². The van der Waals surface area contributed by atoms with Crippen LogP contribution in [0.3, 0.4) is 0 Å². The second-order valence-corrected chi connectivity index (χ2v) is 11.0. The predicted molar refractivity (Wildman–Crippen MR) is 152 cm³/mol. The minimum atomic E-state index is -4.05. The molecular formula is C29H32N4O6S. The first kappa shape index (κ1) is 28.6. The van der Waals surface area contributed by atoms with Crippen molar-refractivity contribution < 1.29 is 27.5 Å². The molecule has 0 unspecified atom stereocenters. The van der Waals surface area contributed by atoms with Crippen LogP contribution in [0.5, 0.6) is 11.5 Å². The van der Waals surface area contributed by atoms with E-state index in [0.29, 0.717) is 17.1 Å². The summed E-state index contributed by atoms with van der Waals surface area (Å²) in [6.07, 6.45) is 4.64. The molecule has 0 radical (unpaired) electrons. The molecule has 210 valence electrons. The Morgan fingerprint density at radius 3 is 2.38 bits per heavy atom. The summed E-state index contributed by atoms with van der Waals surface area (Å²) in [5.74, 6) is 0.346. The van der Waals surface area contributed by atoms with Crippen molar-refractivity contribution in [3.8, 4) is 11.5 Å². The molecule has 0 atom stereocenters. The van der Waals surface area contributed by atoms with Crippen LogP contribution in [0.1, 0.15) is 24.8 Å². The van der Waals surface area contributed by atoms with E-state index < -0.39 is 22.5 Å². The lowest BCUT2D eigenvalue weighted by molar-refractivity contribution is -0.134. The molecule has 0 spiro atoms. The number of nitrogens with zero attached hydrogens (tertiary/aromatic N) is 3. The van der Waals surface area contributed by atoms with Crippen LogP contribution in [0.15, 0.2) is 88.9 Å². The van der Waals surface area contributed by atoms with E-state index in [-0.39, 0.29) is 23.1 Å². The van der Waals surface area contributed by atoms with E-state index in [1.165, 1.54) is 25.5 Å². The fraction of sp³-hybridized carbons (Fsp3) is 0.276. The van der Waals surface area contributed by atoms with E-state index >= 15 is 0 Å². The molecule has 4 rings (SSSR count). The molecule has 3 aromatic carbocycles. The molecule has 1 saturated heterocycles. The van der Waals surface area contributed by atoms with Gasteiger partial charge >= 0.3 is 0 Å². The summed E-state index contributed by atoms with van der Waals surface area (Å²) in [4.78, 5) is 26.9. The van der Waals surface area contributed by atoms with Gasteiger partial charge in [0.05, 0.1) is 23.9 Å². The van der Waals surface area contributed by atoms with Gasteiger partial charge in [-0.1, -0.05) is 24.3 Å². The summed E-state index contributed by atoms with van der Waals surface area (Å²) in [7, 11) is -2.57. The van der Waals surface area contributed by atoms with Gasteiger partial charge in [0.2, 0.25) is 0 Å². The summed E-state index contributed by atoms with van der Waals surface area (Å²) in [6, 6.07) is 21.2.